The number of rotatable bonds is 22. The van der Waals surface area contributed by atoms with Gasteiger partial charge in [0, 0.05) is 62.3 Å². The average Bonchev–Trinajstić information content (AvgIpc) is 4.12. The van der Waals surface area contributed by atoms with Crippen LogP contribution in [-0.2, 0) is 34.1 Å². The molecule has 0 saturated heterocycles. The number of carbonyl (C=O) groups is 2. The Morgan fingerprint density at radius 1 is 0.900 bits per heavy atom. The Kier molecular flexibility index (Phi) is 15.1. The van der Waals surface area contributed by atoms with Crippen molar-refractivity contribution in [1.82, 2.24) is 10.2 Å². The average molecular weight is 957 g/mol. The number of carbonyl (C=O) groups excluding carboxylic acids is 2. The van der Waals surface area contributed by atoms with E-state index in [2.05, 4.69) is 18.0 Å². The summed E-state index contributed by atoms with van der Waals surface area (Å²) in [5.41, 5.74) is 4.60. The second-order valence-corrected chi connectivity index (χ2v) is 18.6. The number of fused-ring (bicyclic) bond motifs is 3. The Labute approximate surface area is 407 Å². The second kappa shape index (κ2) is 21.9. The minimum absolute atomic E-state index is 0.0175. The number of non-ortho nitro benzene ring substituents is 1. The zero-order valence-corrected chi connectivity index (χ0v) is 39.1. The molecule has 0 radical (unpaired) electrons. The maximum Gasteiger partial charge on any atom is 0.412 e. The summed E-state index contributed by atoms with van der Waals surface area (Å²) in [6.07, 6.45) is 9.09. The lowest BCUT2D eigenvalue weighted by Crippen LogP contribution is -2.70. The number of benzene rings is 4. The number of nitrogens with one attached hydrogen (secondary N) is 1. The van der Waals surface area contributed by atoms with Crippen LogP contribution in [0.15, 0.2) is 120 Å². The van der Waals surface area contributed by atoms with Crippen LogP contribution in [0.4, 0.5) is 10.5 Å². The van der Waals surface area contributed by atoms with Gasteiger partial charge in [-0.15, -0.1) is 6.58 Å². The number of nitro benzene ring substituents is 1. The van der Waals surface area contributed by atoms with E-state index in [-0.39, 0.29) is 88.0 Å². The normalized spacial score (nSPS) is 23.3. The molecule has 368 valence electrons. The minimum atomic E-state index is -1.52. The Balaban J connectivity index is 1.19. The highest BCUT2D eigenvalue weighted by Gasteiger charge is 2.66. The lowest BCUT2D eigenvalue weighted by Gasteiger charge is -2.60. The first-order chi connectivity index (χ1) is 34.2. The smallest absolute Gasteiger partial charge is 0.412 e. The number of aliphatic hydroxyl groups excluding tert-OH is 2. The predicted octanol–water partition coefficient (Wildman–Crippen LogP) is 8.88. The van der Waals surface area contributed by atoms with E-state index >= 15 is 4.79 Å². The molecule has 2 aliphatic heterocycles. The standard InChI is InChI=1S/C54H60N4O12/c1-2-26-67-54-49(57(52(61)38-17-18-38)32-37-16-22-47-48(27-37)66-34-65-47)30-45(56-68-33-36-14-19-40(20-15-36)58(63)64)43-28-39(12-6-8-24-59)42(13-7-9-25-60)50(51(43)54)44-29-41(21-23-46(44)70-54)69-53(62)55-31-35-10-4-3-5-11-35/h2-5,10-11,14-16,19-23,27-29,38-39,42,49-51,59-60H,1,6-9,12-13,17-18,24-26,30-34H2,(H,55,62). The third-order valence-corrected chi connectivity index (χ3v) is 14.1. The quantitative estimate of drug-likeness (QED) is 0.0293. The molecular weight excluding hydrogens is 897 g/mol. The maximum absolute atomic E-state index is 15.0. The molecule has 4 aromatic rings. The Morgan fingerprint density at radius 3 is 2.39 bits per heavy atom. The molecular formula is C54H60N4O12. The van der Waals surface area contributed by atoms with Crippen molar-refractivity contribution >= 4 is 23.4 Å². The molecule has 3 aliphatic carbocycles. The van der Waals surface area contributed by atoms with Crippen molar-refractivity contribution in [2.45, 2.75) is 95.2 Å². The molecule has 5 aliphatic rings. The molecule has 16 nitrogen and oxygen atoms in total. The van der Waals surface area contributed by atoms with Crippen LogP contribution >= 0.6 is 0 Å². The van der Waals surface area contributed by atoms with Crippen molar-refractivity contribution in [3.8, 4) is 23.0 Å². The van der Waals surface area contributed by atoms with Crippen molar-refractivity contribution in [1.29, 1.82) is 0 Å². The Morgan fingerprint density at radius 2 is 1.64 bits per heavy atom. The number of hydrogen-bond donors (Lipinski definition) is 3. The van der Waals surface area contributed by atoms with Crippen molar-refractivity contribution < 1.29 is 53.2 Å². The lowest BCUT2D eigenvalue weighted by atomic mass is 9.55. The zero-order valence-electron chi connectivity index (χ0n) is 39.1. The van der Waals surface area contributed by atoms with Crippen LogP contribution in [-0.4, -0.2) is 76.2 Å². The third-order valence-electron chi connectivity index (χ3n) is 14.1. The van der Waals surface area contributed by atoms with Gasteiger partial charge in [-0.1, -0.05) is 66.5 Å². The molecule has 2 fully saturated rings. The molecule has 4 aromatic carbocycles. The topological polar surface area (TPSA) is 201 Å². The first-order valence-electron chi connectivity index (χ1n) is 24.3. The summed E-state index contributed by atoms with van der Waals surface area (Å²) in [6, 6.07) is 26.0. The number of unbranched alkanes of at least 4 members (excludes halogenated alkanes) is 2. The number of amides is 2. The van der Waals surface area contributed by atoms with Gasteiger partial charge in [0.25, 0.3) is 5.69 Å². The number of nitro groups is 1. The van der Waals surface area contributed by atoms with Gasteiger partial charge in [0.2, 0.25) is 18.5 Å². The van der Waals surface area contributed by atoms with E-state index in [1.165, 1.54) is 12.1 Å². The summed E-state index contributed by atoms with van der Waals surface area (Å²) in [4.78, 5) is 47.5. The van der Waals surface area contributed by atoms with Crippen LogP contribution in [0.5, 0.6) is 23.0 Å². The largest absolute Gasteiger partial charge is 0.459 e. The van der Waals surface area contributed by atoms with E-state index < -0.39 is 28.8 Å². The summed E-state index contributed by atoms with van der Waals surface area (Å²) in [5, 5.41) is 39.3. The molecule has 9 rings (SSSR count). The molecule has 0 aromatic heterocycles. The Hall–Kier alpha value is -6.75. The minimum Gasteiger partial charge on any atom is -0.459 e. The van der Waals surface area contributed by atoms with E-state index in [0.717, 1.165) is 54.4 Å². The van der Waals surface area contributed by atoms with E-state index in [1.54, 1.807) is 24.3 Å². The monoisotopic (exact) mass is 956 g/mol. The molecule has 2 saturated carbocycles. The highest BCUT2D eigenvalue weighted by Crippen LogP contribution is 2.62. The first kappa shape index (κ1) is 48.3. The van der Waals surface area contributed by atoms with Crippen molar-refractivity contribution in [2.75, 3.05) is 26.6 Å². The van der Waals surface area contributed by atoms with Crippen molar-refractivity contribution in [2.24, 2.45) is 28.8 Å². The number of oxime groups is 1. The molecule has 0 spiro atoms. The van der Waals surface area contributed by atoms with Gasteiger partial charge in [0.1, 0.15) is 24.1 Å². The number of ether oxygens (including phenoxy) is 5. The summed E-state index contributed by atoms with van der Waals surface area (Å²) in [5.74, 6) is -0.809. The number of nitrogens with zero attached hydrogens (tertiary/aromatic N) is 3. The van der Waals surface area contributed by atoms with Crippen LogP contribution in [0, 0.1) is 33.8 Å². The van der Waals surface area contributed by atoms with Crippen molar-refractivity contribution in [3.05, 3.63) is 148 Å². The van der Waals surface area contributed by atoms with Crippen LogP contribution in [0.25, 0.3) is 0 Å². The van der Waals surface area contributed by atoms with E-state index in [1.807, 2.05) is 65.6 Å². The van der Waals surface area contributed by atoms with Gasteiger partial charge in [-0.2, -0.15) is 0 Å². The Bertz CT molecular complexity index is 2580. The van der Waals surface area contributed by atoms with Crippen LogP contribution < -0.4 is 24.3 Å². The molecule has 6 unspecified atom stereocenters. The molecule has 2 heterocycles. The number of hydrogen-bond acceptors (Lipinski definition) is 13. The fourth-order valence-corrected chi connectivity index (χ4v) is 10.7. The summed E-state index contributed by atoms with van der Waals surface area (Å²) in [7, 11) is 0. The van der Waals surface area contributed by atoms with Gasteiger partial charge in [-0.3, -0.25) is 14.9 Å². The first-order valence-corrected chi connectivity index (χ1v) is 24.3. The van der Waals surface area contributed by atoms with Gasteiger partial charge in [0.05, 0.1) is 23.2 Å². The van der Waals surface area contributed by atoms with E-state index in [0.29, 0.717) is 53.5 Å². The highest BCUT2D eigenvalue weighted by molar-refractivity contribution is 6.03. The molecule has 16 heteroatoms. The number of allylic oxidation sites excluding steroid dienone is 1. The van der Waals surface area contributed by atoms with Gasteiger partial charge >= 0.3 is 6.09 Å². The predicted molar refractivity (Wildman–Crippen MR) is 258 cm³/mol. The summed E-state index contributed by atoms with van der Waals surface area (Å²) >= 11 is 0. The van der Waals surface area contributed by atoms with Crippen LogP contribution in [0.3, 0.4) is 0 Å². The molecule has 6 atom stereocenters. The van der Waals surface area contributed by atoms with Crippen LogP contribution in [0.2, 0.25) is 0 Å². The molecule has 70 heavy (non-hydrogen) atoms. The van der Waals surface area contributed by atoms with Gasteiger partial charge in [-0.25, -0.2) is 4.79 Å². The molecule has 0 bridgehead atoms. The summed E-state index contributed by atoms with van der Waals surface area (Å²) in [6.45, 7) is 4.79. The second-order valence-electron chi connectivity index (χ2n) is 18.6. The number of aliphatic hydroxyl groups is 2. The van der Waals surface area contributed by atoms with Crippen LogP contribution in [0.1, 0.15) is 86.0 Å². The van der Waals surface area contributed by atoms with Gasteiger partial charge in [-0.05, 0) is 115 Å². The fourth-order valence-electron chi connectivity index (χ4n) is 10.7. The zero-order chi connectivity index (χ0) is 48.6. The van der Waals surface area contributed by atoms with E-state index in [4.69, 9.17) is 33.7 Å². The van der Waals surface area contributed by atoms with Gasteiger partial charge < -0.3 is 49.0 Å². The fraction of sp³-hybridized carbons (Fsp3) is 0.426. The van der Waals surface area contributed by atoms with Gasteiger partial charge in [0.15, 0.2) is 11.5 Å². The SMILES string of the molecule is C=CCOC12Oc3ccc(OC(=O)NCc4ccccc4)cc3C3C(CCCCO)C(CCCCO)C=C(C(=NOCc4ccc([N+](=O)[O-])cc4)CC1N(Cc1ccc4c(c1)OCO4)C(=O)C1CC1)C32. The maximum atomic E-state index is 15.0. The third kappa shape index (κ3) is 10.5. The highest BCUT2D eigenvalue weighted by atomic mass is 16.7. The van der Waals surface area contributed by atoms with Crippen molar-refractivity contribution in [3.63, 3.8) is 0 Å². The lowest BCUT2D eigenvalue weighted by molar-refractivity contribution is -0.384. The van der Waals surface area contributed by atoms with E-state index in [9.17, 15) is 25.1 Å². The molecule has 3 N–H and O–H groups in total. The molecule has 2 amide bonds. The summed E-state index contributed by atoms with van der Waals surface area (Å²) < 4.78 is 32.0.